The summed E-state index contributed by atoms with van der Waals surface area (Å²) in [6.07, 6.45) is -3.73. The maximum absolute atomic E-state index is 11.9. The zero-order valence-corrected chi connectivity index (χ0v) is 12.5. The minimum atomic E-state index is -4.28. The van der Waals surface area contributed by atoms with E-state index in [2.05, 4.69) is 0 Å². The second-order valence-electron chi connectivity index (χ2n) is 5.14. The van der Waals surface area contributed by atoms with E-state index in [1.807, 2.05) is 0 Å². The summed E-state index contributed by atoms with van der Waals surface area (Å²) in [6.45, 7) is -0.275. The van der Waals surface area contributed by atoms with E-state index < -0.39 is 39.9 Å². The number of aliphatic carboxylic acids is 1. The van der Waals surface area contributed by atoms with Gasteiger partial charge in [0.25, 0.3) is 0 Å². The Morgan fingerprint density at radius 1 is 1.23 bits per heavy atom. The van der Waals surface area contributed by atoms with Crippen LogP contribution in [0.15, 0.2) is 12.2 Å². The first-order valence-corrected chi connectivity index (χ1v) is 8.22. The molecule has 1 aliphatic rings. The molecule has 1 rings (SSSR count). The number of sulfonamides is 1. The highest BCUT2D eigenvalue weighted by molar-refractivity contribution is 7.89. The molecule has 0 aliphatic carbocycles. The van der Waals surface area contributed by atoms with Crippen LogP contribution in [0, 0.1) is 0 Å². The van der Waals surface area contributed by atoms with Crippen LogP contribution in [0.3, 0.4) is 0 Å². The zero-order chi connectivity index (χ0) is 17.0. The molecule has 0 bridgehead atoms. The van der Waals surface area contributed by atoms with Crippen LogP contribution in [0.25, 0.3) is 0 Å². The van der Waals surface area contributed by atoms with Crippen molar-refractivity contribution in [3.05, 3.63) is 12.2 Å². The molecule has 0 unspecified atom stereocenters. The first kappa shape index (κ1) is 18.9. The van der Waals surface area contributed by atoms with Gasteiger partial charge in [-0.05, 0) is 6.42 Å². The second-order valence-corrected chi connectivity index (χ2v) is 7.15. The van der Waals surface area contributed by atoms with Crippen molar-refractivity contribution in [1.29, 1.82) is 0 Å². The number of allylic oxidation sites excluding steroid dienone is 1. The van der Waals surface area contributed by atoms with Crippen molar-refractivity contribution in [2.75, 3.05) is 18.8 Å². The molecule has 0 aromatic heterocycles. The van der Waals surface area contributed by atoms with Crippen molar-refractivity contribution in [3.63, 3.8) is 0 Å². The lowest BCUT2D eigenvalue weighted by Gasteiger charge is -2.34. The monoisotopic (exact) mass is 345 g/mol. The molecule has 128 valence electrons. The van der Waals surface area contributed by atoms with E-state index in [1.165, 1.54) is 0 Å². The predicted octanol–water partition coefficient (Wildman–Crippen LogP) is 1.13. The summed E-state index contributed by atoms with van der Waals surface area (Å²) in [5, 5.41) is 18.5. The molecule has 1 heterocycles. The van der Waals surface area contributed by atoms with Crippen LogP contribution in [-0.2, 0) is 14.8 Å². The SMILES string of the molecule is O=C(O)C1(O)CCN(S(=O)(=O)CC=CCCC(F)(F)F)CC1. The molecule has 0 amide bonds. The Balaban J connectivity index is 2.48. The van der Waals surface area contributed by atoms with Gasteiger partial charge in [-0.15, -0.1) is 0 Å². The first-order valence-electron chi connectivity index (χ1n) is 6.62. The van der Waals surface area contributed by atoms with E-state index in [1.54, 1.807) is 0 Å². The lowest BCUT2D eigenvalue weighted by Crippen LogP contribution is -2.51. The number of aliphatic hydroxyl groups is 1. The minimum Gasteiger partial charge on any atom is -0.479 e. The molecular weight excluding hydrogens is 327 g/mol. The van der Waals surface area contributed by atoms with Gasteiger partial charge < -0.3 is 10.2 Å². The topological polar surface area (TPSA) is 94.9 Å². The highest BCUT2D eigenvalue weighted by atomic mass is 32.2. The van der Waals surface area contributed by atoms with Gasteiger partial charge in [0.05, 0.1) is 5.75 Å². The highest BCUT2D eigenvalue weighted by Gasteiger charge is 2.41. The van der Waals surface area contributed by atoms with Crippen LogP contribution in [0.1, 0.15) is 25.7 Å². The van der Waals surface area contributed by atoms with E-state index in [9.17, 15) is 31.5 Å². The third kappa shape index (κ3) is 5.58. The molecule has 22 heavy (non-hydrogen) atoms. The Kier molecular flexibility index (Phi) is 5.99. The molecule has 1 saturated heterocycles. The number of carbonyl (C=O) groups is 1. The number of carboxylic acid groups (broad SMARTS) is 1. The Morgan fingerprint density at radius 2 is 1.77 bits per heavy atom. The van der Waals surface area contributed by atoms with Gasteiger partial charge in [-0.3, -0.25) is 0 Å². The number of piperidine rings is 1. The molecule has 0 aromatic rings. The summed E-state index contributed by atoms with van der Waals surface area (Å²) in [5.74, 6) is -1.84. The summed E-state index contributed by atoms with van der Waals surface area (Å²) in [6, 6.07) is 0. The number of nitrogens with zero attached hydrogens (tertiary/aromatic N) is 1. The summed E-state index contributed by atoms with van der Waals surface area (Å²) in [4.78, 5) is 10.8. The largest absolute Gasteiger partial charge is 0.479 e. The van der Waals surface area contributed by atoms with Gasteiger partial charge in [0.1, 0.15) is 0 Å². The predicted molar refractivity (Wildman–Crippen MR) is 71.6 cm³/mol. The van der Waals surface area contributed by atoms with Gasteiger partial charge in [-0.25, -0.2) is 17.5 Å². The molecule has 0 radical (unpaired) electrons. The van der Waals surface area contributed by atoms with Crippen LogP contribution in [0.5, 0.6) is 0 Å². The smallest absolute Gasteiger partial charge is 0.389 e. The van der Waals surface area contributed by atoms with Crippen LogP contribution in [0.2, 0.25) is 0 Å². The van der Waals surface area contributed by atoms with Crippen molar-refractivity contribution < 1.29 is 36.6 Å². The highest BCUT2D eigenvalue weighted by Crippen LogP contribution is 2.24. The normalized spacial score (nSPS) is 20.4. The summed E-state index contributed by atoms with van der Waals surface area (Å²) in [7, 11) is -3.71. The van der Waals surface area contributed by atoms with E-state index in [0.29, 0.717) is 0 Å². The van der Waals surface area contributed by atoms with E-state index >= 15 is 0 Å². The van der Waals surface area contributed by atoms with E-state index in [0.717, 1.165) is 16.5 Å². The quantitative estimate of drug-likeness (QED) is 0.704. The van der Waals surface area contributed by atoms with Crippen molar-refractivity contribution >= 4 is 16.0 Å². The number of hydrogen-bond donors (Lipinski definition) is 2. The molecule has 6 nitrogen and oxygen atoms in total. The third-order valence-electron chi connectivity index (χ3n) is 3.41. The Bertz CT molecular complexity index is 521. The lowest BCUT2D eigenvalue weighted by molar-refractivity contribution is -0.162. The van der Waals surface area contributed by atoms with Gasteiger partial charge in [-0.2, -0.15) is 13.2 Å². The van der Waals surface area contributed by atoms with Gasteiger partial charge in [-0.1, -0.05) is 12.2 Å². The third-order valence-corrected chi connectivity index (χ3v) is 5.17. The van der Waals surface area contributed by atoms with Crippen molar-refractivity contribution in [1.82, 2.24) is 4.31 Å². The van der Waals surface area contributed by atoms with Crippen molar-refractivity contribution in [3.8, 4) is 0 Å². The van der Waals surface area contributed by atoms with Crippen molar-refractivity contribution in [2.24, 2.45) is 0 Å². The number of alkyl halides is 3. The molecule has 0 spiro atoms. The first-order chi connectivity index (χ1) is 9.96. The molecule has 0 aromatic carbocycles. The number of hydrogen-bond acceptors (Lipinski definition) is 4. The molecule has 0 saturated carbocycles. The van der Waals surface area contributed by atoms with E-state index in [-0.39, 0.29) is 32.4 Å². The average Bonchev–Trinajstić information content (AvgIpc) is 2.37. The average molecular weight is 345 g/mol. The van der Waals surface area contributed by atoms with Crippen molar-refractivity contribution in [2.45, 2.75) is 37.5 Å². The van der Waals surface area contributed by atoms with Gasteiger partial charge in [0.2, 0.25) is 10.0 Å². The van der Waals surface area contributed by atoms with Gasteiger partial charge >= 0.3 is 12.1 Å². The maximum Gasteiger partial charge on any atom is 0.389 e. The second kappa shape index (κ2) is 6.97. The van der Waals surface area contributed by atoms with Gasteiger partial charge in [0.15, 0.2) is 5.60 Å². The fraction of sp³-hybridized carbons (Fsp3) is 0.750. The Labute approximate surface area is 126 Å². The molecule has 2 N–H and O–H groups in total. The fourth-order valence-corrected chi connectivity index (χ4v) is 3.34. The van der Waals surface area contributed by atoms with Crippen LogP contribution >= 0.6 is 0 Å². The van der Waals surface area contributed by atoms with Crippen LogP contribution < -0.4 is 0 Å². The lowest BCUT2D eigenvalue weighted by atomic mass is 9.93. The Hall–Kier alpha value is -1.13. The zero-order valence-electron chi connectivity index (χ0n) is 11.7. The number of carboxylic acids is 1. The van der Waals surface area contributed by atoms with Gasteiger partial charge in [0, 0.05) is 32.4 Å². The molecular formula is C12H18F3NO5S. The van der Waals surface area contributed by atoms with E-state index in [4.69, 9.17) is 5.11 Å². The maximum atomic E-state index is 11.9. The molecule has 0 atom stereocenters. The summed E-state index contributed by atoms with van der Waals surface area (Å²) >= 11 is 0. The minimum absolute atomic E-state index is 0.137. The number of halogens is 3. The molecule has 1 fully saturated rings. The Morgan fingerprint density at radius 3 is 2.23 bits per heavy atom. The van der Waals surface area contributed by atoms with Crippen LogP contribution in [0.4, 0.5) is 13.2 Å². The summed E-state index contributed by atoms with van der Waals surface area (Å²) < 4.78 is 60.7. The molecule has 10 heteroatoms. The summed E-state index contributed by atoms with van der Waals surface area (Å²) in [5.41, 5.74) is -1.92. The fourth-order valence-electron chi connectivity index (χ4n) is 2.01. The van der Waals surface area contributed by atoms with Crippen LogP contribution in [-0.4, -0.2) is 59.5 Å². The molecule has 1 aliphatic heterocycles. The number of rotatable bonds is 6. The standard InChI is InChI=1S/C12H18F3NO5S/c13-12(14,15)4-2-1-3-9-22(20,21)16-7-5-11(19,6-8-16)10(17)18/h1,3,19H,2,4-9H2,(H,17,18).